The zero-order valence-electron chi connectivity index (χ0n) is 10.8. The van der Waals surface area contributed by atoms with E-state index in [2.05, 4.69) is 10.5 Å². The predicted molar refractivity (Wildman–Crippen MR) is 70.7 cm³/mol. The second-order valence-corrected chi connectivity index (χ2v) is 4.19. The molecule has 0 radical (unpaired) electrons. The van der Waals surface area contributed by atoms with Gasteiger partial charge in [0.05, 0.1) is 0 Å². The molecule has 1 unspecified atom stereocenters. The molecule has 6 nitrogen and oxygen atoms in total. The number of nitrogens with two attached hydrogens (primary N) is 1. The van der Waals surface area contributed by atoms with E-state index in [9.17, 15) is 9.18 Å². The zero-order valence-corrected chi connectivity index (χ0v) is 10.8. The van der Waals surface area contributed by atoms with E-state index in [-0.39, 0.29) is 30.1 Å². The van der Waals surface area contributed by atoms with Crippen molar-refractivity contribution in [3.63, 3.8) is 0 Å². The average Bonchev–Trinajstić information content (AvgIpc) is 2.40. The van der Waals surface area contributed by atoms with Gasteiger partial charge in [0.25, 0.3) is 0 Å². The number of urea groups is 1. The maximum atomic E-state index is 12.7. The number of nitrogens with one attached hydrogen (secondary N) is 1. The summed E-state index contributed by atoms with van der Waals surface area (Å²) in [5, 5.41) is 14.0. The molecule has 1 atom stereocenters. The molecule has 1 aromatic carbocycles. The Morgan fingerprint density at radius 2 is 2.11 bits per heavy atom. The largest absolute Gasteiger partial charge is 0.409 e. The third kappa shape index (κ3) is 4.46. The molecule has 1 rings (SSSR count). The topological polar surface area (TPSA) is 91.0 Å². The minimum atomic E-state index is -0.369. The van der Waals surface area contributed by atoms with Crippen molar-refractivity contribution in [1.82, 2.24) is 4.90 Å². The Kier molecular flexibility index (Phi) is 5.11. The molecule has 0 aliphatic rings. The van der Waals surface area contributed by atoms with Gasteiger partial charge in [-0.3, -0.25) is 0 Å². The summed E-state index contributed by atoms with van der Waals surface area (Å²) >= 11 is 0. The van der Waals surface area contributed by atoms with Crippen LogP contribution in [-0.4, -0.2) is 35.1 Å². The molecule has 4 N–H and O–H groups in total. The van der Waals surface area contributed by atoms with E-state index in [1.807, 2.05) is 0 Å². The van der Waals surface area contributed by atoms with Gasteiger partial charge < -0.3 is 21.2 Å². The van der Waals surface area contributed by atoms with Gasteiger partial charge in [0.15, 0.2) is 0 Å². The molecule has 0 aliphatic heterocycles. The van der Waals surface area contributed by atoms with E-state index in [0.717, 1.165) is 0 Å². The fourth-order valence-electron chi connectivity index (χ4n) is 1.43. The summed E-state index contributed by atoms with van der Waals surface area (Å²) in [7, 11) is 1.59. The first-order valence-electron chi connectivity index (χ1n) is 5.69. The molecular weight excluding hydrogens is 251 g/mol. The highest BCUT2D eigenvalue weighted by molar-refractivity contribution is 5.90. The fourth-order valence-corrected chi connectivity index (χ4v) is 1.43. The molecule has 0 heterocycles. The molecule has 0 saturated heterocycles. The SMILES string of the molecule is CC(CC(N)=NO)N(C)C(=O)Nc1ccc(F)cc1. The van der Waals surface area contributed by atoms with Crippen molar-refractivity contribution in [2.75, 3.05) is 12.4 Å². The van der Waals surface area contributed by atoms with Gasteiger partial charge in [-0.25, -0.2) is 9.18 Å². The van der Waals surface area contributed by atoms with Crippen LogP contribution < -0.4 is 11.1 Å². The van der Waals surface area contributed by atoms with Gasteiger partial charge >= 0.3 is 6.03 Å². The number of nitrogens with zero attached hydrogens (tertiary/aromatic N) is 2. The molecule has 0 fully saturated rings. The first-order valence-corrected chi connectivity index (χ1v) is 5.69. The van der Waals surface area contributed by atoms with Crippen molar-refractivity contribution in [3.8, 4) is 0 Å². The van der Waals surface area contributed by atoms with Crippen LogP contribution in [0, 0.1) is 5.82 Å². The number of benzene rings is 1. The quantitative estimate of drug-likeness (QED) is 0.336. The summed E-state index contributed by atoms with van der Waals surface area (Å²) in [6.07, 6.45) is 0.254. The lowest BCUT2D eigenvalue weighted by molar-refractivity contribution is 0.208. The second kappa shape index (κ2) is 6.58. The van der Waals surface area contributed by atoms with E-state index < -0.39 is 0 Å². The van der Waals surface area contributed by atoms with E-state index in [4.69, 9.17) is 10.9 Å². The van der Waals surface area contributed by atoms with Crippen LogP contribution in [-0.2, 0) is 0 Å². The number of anilines is 1. The number of halogens is 1. The number of amidine groups is 1. The number of carbonyl (C=O) groups excluding carboxylic acids is 1. The number of hydrogen-bond acceptors (Lipinski definition) is 3. The van der Waals surface area contributed by atoms with Crippen LogP contribution in [0.3, 0.4) is 0 Å². The Bertz CT molecular complexity index is 461. The summed E-state index contributed by atoms with van der Waals surface area (Å²) in [4.78, 5) is 13.3. The second-order valence-electron chi connectivity index (χ2n) is 4.19. The van der Waals surface area contributed by atoms with Crippen LogP contribution in [0.15, 0.2) is 29.4 Å². The molecule has 0 bridgehead atoms. The Morgan fingerprint density at radius 1 is 1.53 bits per heavy atom. The zero-order chi connectivity index (χ0) is 14.4. The lowest BCUT2D eigenvalue weighted by Crippen LogP contribution is -2.40. The van der Waals surface area contributed by atoms with E-state index in [0.29, 0.717) is 5.69 Å². The van der Waals surface area contributed by atoms with Gasteiger partial charge in [0.2, 0.25) is 0 Å². The fraction of sp³-hybridized carbons (Fsp3) is 0.333. The molecule has 0 spiro atoms. The molecular formula is C12H17FN4O2. The van der Waals surface area contributed by atoms with Crippen LogP contribution in [0.5, 0.6) is 0 Å². The van der Waals surface area contributed by atoms with E-state index >= 15 is 0 Å². The van der Waals surface area contributed by atoms with E-state index in [1.165, 1.54) is 29.2 Å². The molecule has 19 heavy (non-hydrogen) atoms. The van der Waals surface area contributed by atoms with Gasteiger partial charge in [-0.1, -0.05) is 5.16 Å². The number of carbonyl (C=O) groups is 1. The third-order valence-electron chi connectivity index (χ3n) is 2.71. The third-order valence-corrected chi connectivity index (χ3v) is 2.71. The standard InChI is InChI=1S/C12H17FN4O2/c1-8(7-11(14)16-19)17(2)12(18)15-10-5-3-9(13)4-6-10/h3-6,8,19H,7H2,1-2H3,(H2,14,16)(H,15,18). The minimum absolute atomic E-state index is 0.0499. The van der Waals surface area contributed by atoms with Crippen molar-refractivity contribution in [2.45, 2.75) is 19.4 Å². The molecule has 1 aromatic rings. The summed E-state index contributed by atoms with van der Waals surface area (Å²) in [5.41, 5.74) is 5.88. The molecule has 2 amide bonds. The van der Waals surface area contributed by atoms with Crippen molar-refractivity contribution in [2.24, 2.45) is 10.9 Å². The van der Waals surface area contributed by atoms with Crippen molar-refractivity contribution < 1.29 is 14.4 Å². The van der Waals surface area contributed by atoms with Crippen molar-refractivity contribution >= 4 is 17.6 Å². The summed E-state index contributed by atoms with van der Waals surface area (Å²) in [6, 6.07) is 4.86. The average molecular weight is 268 g/mol. The number of amides is 2. The lowest BCUT2D eigenvalue weighted by atomic mass is 10.2. The molecule has 0 saturated carbocycles. The maximum Gasteiger partial charge on any atom is 0.321 e. The van der Waals surface area contributed by atoms with Crippen LogP contribution >= 0.6 is 0 Å². The highest BCUT2D eigenvalue weighted by Gasteiger charge is 2.17. The number of rotatable bonds is 4. The van der Waals surface area contributed by atoms with Gasteiger partial charge in [-0.05, 0) is 31.2 Å². The summed E-state index contributed by atoms with van der Waals surface area (Å²) in [5.74, 6) is -0.319. The van der Waals surface area contributed by atoms with Gasteiger partial charge in [-0.2, -0.15) is 0 Å². The highest BCUT2D eigenvalue weighted by atomic mass is 19.1. The first-order chi connectivity index (χ1) is 8.93. The normalized spacial score (nSPS) is 12.9. The highest BCUT2D eigenvalue weighted by Crippen LogP contribution is 2.10. The molecule has 104 valence electrons. The summed E-state index contributed by atoms with van der Waals surface area (Å²) in [6.45, 7) is 1.77. The number of hydrogen-bond donors (Lipinski definition) is 3. The number of oxime groups is 1. The Morgan fingerprint density at radius 3 is 2.63 bits per heavy atom. The Hall–Kier alpha value is -2.31. The van der Waals surface area contributed by atoms with Crippen LogP contribution in [0.25, 0.3) is 0 Å². The van der Waals surface area contributed by atoms with Gasteiger partial charge in [0.1, 0.15) is 11.7 Å². The van der Waals surface area contributed by atoms with E-state index in [1.54, 1.807) is 14.0 Å². The maximum absolute atomic E-state index is 12.7. The van der Waals surface area contributed by atoms with Crippen LogP contribution in [0.4, 0.5) is 14.9 Å². The van der Waals surface area contributed by atoms with Crippen molar-refractivity contribution in [3.05, 3.63) is 30.1 Å². The lowest BCUT2D eigenvalue weighted by Gasteiger charge is -2.24. The first kappa shape index (κ1) is 14.7. The predicted octanol–water partition coefficient (Wildman–Crippen LogP) is 1.81. The molecule has 7 heteroatoms. The van der Waals surface area contributed by atoms with Crippen LogP contribution in [0.1, 0.15) is 13.3 Å². The molecule has 0 aromatic heterocycles. The van der Waals surface area contributed by atoms with Gasteiger partial charge in [-0.15, -0.1) is 0 Å². The van der Waals surface area contributed by atoms with Crippen LogP contribution in [0.2, 0.25) is 0 Å². The Balaban J connectivity index is 2.59. The molecule has 0 aliphatic carbocycles. The minimum Gasteiger partial charge on any atom is -0.409 e. The summed E-state index contributed by atoms with van der Waals surface area (Å²) < 4.78 is 12.7. The van der Waals surface area contributed by atoms with Gasteiger partial charge in [0, 0.05) is 25.2 Å². The smallest absolute Gasteiger partial charge is 0.321 e. The van der Waals surface area contributed by atoms with Crippen molar-refractivity contribution in [1.29, 1.82) is 0 Å². The Labute approximate surface area is 110 Å². The monoisotopic (exact) mass is 268 g/mol.